The molecule has 0 amide bonds. The largest absolute Gasteiger partial charge is 0.476 e. The lowest BCUT2D eigenvalue weighted by Gasteiger charge is -2.26. The molecule has 1 aromatic heterocycles. The Bertz CT molecular complexity index is 546. The third kappa shape index (κ3) is 5.10. The molecule has 0 spiro atoms. The normalized spacial score (nSPS) is 12.9. The molecular formula is C12H17N3O5S. The van der Waals surface area contributed by atoms with E-state index in [1.54, 1.807) is 20.8 Å². The molecular weight excluding hydrogens is 298 g/mol. The predicted molar refractivity (Wildman–Crippen MR) is 75.1 cm³/mol. The molecule has 0 bridgehead atoms. The molecule has 0 saturated heterocycles. The highest BCUT2D eigenvalue weighted by Crippen LogP contribution is 2.18. The second kappa shape index (κ2) is 6.17. The van der Waals surface area contributed by atoms with E-state index >= 15 is 0 Å². The summed E-state index contributed by atoms with van der Waals surface area (Å²) in [6.07, 6.45) is 0. The molecule has 1 N–H and O–H groups in total. The Morgan fingerprint density at radius 3 is 2.33 bits per heavy atom. The summed E-state index contributed by atoms with van der Waals surface area (Å²) in [7, 11) is 0. The van der Waals surface area contributed by atoms with Crippen LogP contribution in [0.4, 0.5) is 0 Å². The van der Waals surface area contributed by atoms with E-state index in [4.69, 9.17) is 14.7 Å². The summed E-state index contributed by atoms with van der Waals surface area (Å²) in [6, 6.07) is 0. The Hall–Kier alpha value is -2.03. The van der Waals surface area contributed by atoms with Crippen molar-refractivity contribution in [3.63, 3.8) is 0 Å². The van der Waals surface area contributed by atoms with Crippen LogP contribution < -0.4 is 0 Å². The van der Waals surface area contributed by atoms with E-state index in [2.05, 4.69) is 15.4 Å². The maximum Gasteiger partial charge on any atom is 0.361 e. The number of rotatable bonds is 5. The average Bonchev–Trinajstić information content (AvgIpc) is 2.79. The average molecular weight is 315 g/mol. The van der Waals surface area contributed by atoms with Crippen molar-refractivity contribution < 1.29 is 24.3 Å². The van der Waals surface area contributed by atoms with E-state index < -0.39 is 28.9 Å². The van der Waals surface area contributed by atoms with Gasteiger partial charge in [-0.05, 0) is 34.6 Å². The lowest BCUT2D eigenvalue weighted by molar-refractivity contribution is -0.179. The van der Waals surface area contributed by atoms with E-state index in [0.29, 0.717) is 0 Å². The number of hydrogen-bond acceptors (Lipinski definition) is 8. The topological polar surface area (TPSA) is 111 Å². The van der Waals surface area contributed by atoms with Gasteiger partial charge in [-0.25, -0.2) is 9.59 Å². The minimum Gasteiger partial charge on any atom is -0.476 e. The Kier molecular flexibility index (Phi) is 5.00. The highest BCUT2D eigenvalue weighted by Gasteiger charge is 2.36. The maximum atomic E-state index is 12.0. The summed E-state index contributed by atoms with van der Waals surface area (Å²) in [5.74, 6) is -1.98. The van der Waals surface area contributed by atoms with Gasteiger partial charge in [-0.1, -0.05) is 16.5 Å². The lowest BCUT2D eigenvalue weighted by atomic mass is 10.1. The quantitative estimate of drug-likeness (QED) is 0.497. The van der Waals surface area contributed by atoms with Gasteiger partial charge in [0.1, 0.15) is 11.1 Å². The van der Waals surface area contributed by atoms with Gasteiger partial charge in [0, 0.05) is 0 Å². The molecule has 21 heavy (non-hydrogen) atoms. The molecule has 0 aromatic carbocycles. The van der Waals surface area contributed by atoms with Crippen molar-refractivity contribution >= 4 is 29.0 Å². The van der Waals surface area contributed by atoms with Gasteiger partial charge in [-0.15, -0.1) is 10.2 Å². The Morgan fingerprint density at radius 2 is 1.90 bits per heavy atom. The molecule has 1 rings (SSSR count). The van der Waals surface area contributed by atoms with Crippen molar-refractivity contribution in [2.24, 2.45) is 5.16 Å². The SMILES string of the molecule is CC(C)(C)OC(=O)C(C)(C)ON=C(C(=O)O)c1nncs1. The van der Waals surface area contributed by atoms with Gasteiger partial charge in [0.15, 0.2) is 5.01 Å². The van der Waals surface area contributed by atoms with Gasteiger partial charge < -0.3 is 14.7 Å². The molecule has 1 heterocycles. The van der Waals surface area contributed by atoms with Crippen LogP contribution in [0.15, 0.2) is 10.7 Å². The fraction of sp³-hybridized carbons (Fsp3) is 0.583. The van der Waals surface area contributed by atoms with Crippen molar-refractivity contribution in [3.8, 4) is 0 Å². The number of nitrogens with zero attached hydrogens (tertiary/aromatic N) is 3. The van der Waals surface area contributed by atoms with Gasteiger partial charge in [-0.2, -0.15) is 0 Å². The van der Waals surface area contributed by atoms with Crippen LogP contribution >= 0.6 is 11.3 Å². The van der Waals surface area contributed by atoms with Crippen LogP contribution in [0, 0.1) is 0 Å². The Labute approximate surface area is 125 Å². The summed E-state index contributed by atoms with van der Waals surface area (Å²) in [4.78, 5) is 28.1. The predicted octanol–water partition coefficient (Wildman–Crippen LogP) is 1.46. The molecule has 0 aliphatic heterocycles. The number of esters is 1. The van der Waals surface area contributed by atoms with Gasteiger partial charge in [0.05, 0.1) is 0 Å². The number of oxime groups is 1. The number of carbonyl (C=O) groups excluding carboxylic acids is 1. The second-order valence-electron chi connectivity index (χ2n) is 5.59. The minimum atomic E-state index is -1.43. The molecule has 0 fully saturated rings. The number of carbonyl (C=O) groups is 2. The van der Waals surface area contributed by atoms with Gasteiger partial charge in [0.25, 0.3) is 0 Å². The van der Waals surface area contributed by atoms with Crippen LogP contribution in [0.2, 0.25) is 0 Å². The van der Waals surface area contributed by atoms with Crippen molar-refractivity contribution in [1.82, 2.24) is 10.2 Å². The fourth-order valence-corrected chi connectivity index (χ4v) is 1.57. The number of ether oxygens (including phenoxy) is 1. The highest BCUT2D eigenvalue weighted by molar-refractivity contribution is 7.12. The van der Waals surface area contributed by atoms with Crippen LogP contribution in [0.25, 0.3) is 0 Å². The molecule has 0 unspecified atom stereocenters. The van der Waals surface area contributed by atoms with Crippen LogP contribution in [-0.4, -0.2) is 44.2 Å². The number of aromatic nitrogens is 2. The van der Waals surface area contributed by atoms with Crippen LogP contribution in [-0.2, 0) is 19.2 Å². The van der Waals surface area contributed by atoms with Crippen molar-refractivity contribution in [2.45, 2.75) is 45.8 Å². The number of aliphatic carboxylic acids is 1. The fourth-order valence-electron chi connectivity index (χ4n) is 1.04. The summed E-state index contributed by atoms with van der Waals surface area (Å²) in [5, 5.41) is 19.8. The molecule has 9 heteroatoms. The molecule has 8 nitrogen and oxygen atoms in total. The van der Waals surface area contributed by atoms with Crippen molar-refractivity contribution in [1.29, 1.82) is 0 Å². The van der Waals surface area contributed by atoms with Crippen molar-refractivity contribution in [2.75, 3.05) is 0 Å². The monoisotopic (exact) mass is 315 g/mol. The number of hydrogen-bond donors (Lipinski definition) is 1. The maximum absolute atomic E-state index is 12.0. The Morgan fingerprint density at radius 1 is 1.29 bits per heavy atom. The first kappa shape index (κ1) is 17.0. The minimum absolute atomic E-state index is 0.0856. The standard InChI is InChI=1S/C12H17N3O5S/c1-11(2,3)19-10(18)12(4,5)20-15-7(9(16)17)8-14-13-6-21-8/h6H,1-5H3,(H,16,17). The third-order valence-electron chi connectivity index (χ3n) is 2.02. The summed E-state index contributed by atoms with van der Waals surface area (Å²) >= 11 is 0.998. The van der Waals surface area contributed by atoms with Gasteiger partial charge >= 0.3 is 11.9 Å². The smallest absolute Gasteiger partial charge is 0.361 e. The molecule has 0 radical (unpaired) electrons. The van der Waals surface area contributed by atoms with Crippen LogP contribution in [0.1, 0.15) is 39.6 Å². The zero-order valence-corrected chi connectivity index (χ0v) is 13.2. The van der Waals surface area contributed by atoms with Crippen LogP contribution in [0.3, 0.4) is 0 Å². The summed E-state index contributed by atoms with van der Waals surface area (Å²) in [5.41, 5.74) is -1.17. The molecule has 0 aliphatic rings. The molecule has 0 aliphatic carbocycles. The van der Waals surface area contributed by atoms with E-state index in [9.17, 15) is 9.59 Å². The molecule has 1 aromatic rings. The summed E-state index contributed by atoms with van der Waals surface area (Å²) < 4.78 is 5.18. The Balaban J connectivity index is 2.89. The first-order chi connectivity index (χ1) is 9.53. The molecule has 116 valence electrons. The summed E-state index contributed by atoms with van der Waals surface area (Å²) in [6.45, 7) is 8.02. The van der Waals surface area contributed by atoms with Gasteiger partial charge in [0.2, 0.25) is 11.3 Å². The first-order valence-electron chi connectivity index (χ1n) is 6.02. The van der Waals surface area contributed by atoms with E-state index in [0.717, 1.165) is 11.3 Å². The van der Waals surface area contributed by atoms with E-state index in [-0.39, 0.29) is 5.01 Å². The van der Waals surface area contributed by atoms with Gasteiger partial charge in [-0.3, -0.25) is 0 Å². The second-order valence-corrected chi connectivity index (χ2v) is 6.43. The van der Waals surface area contributed by atoms with E-state index in [1.807, 2.05) is 0 Å². The van der Waals surface area contributed by atoms with Crippen molar-refractivity contribution in [3.05, 3.63) is 10.5 Å². The number of carboxylic acid groups (broad SMARTS) is 1. The highest BCUT2D eigenvalue weighted by atomic mass is 32.1. The lowest BCUT2D eigenvalue weighted by Crippen LogP contribution is -2.40. The van der Waals surface area contributed by atoms with Crippen LogP contribution in [0.5, 0.6) is 0 Å². The zero-order chi connectivity index (χ0) is 16.3. The molecule has 0 atom stereocenters. The third-order valence-corrected chi connectivity index (χ3v) is 2.72. The number of carboxylic acids is 1. The zero-order valence-electron chi connectivity index (χ0n) is 12.4. The first-order valence-corrected chi connectivity index (χ1v) is 6.90. The molecule has 0 saturated carbocycles. The van der Waals surface area contributed by atoms with E-state index in [1.165, 1.54) is 19.4 Å².